The molecule has 2 heterocycles. The molecule has 0 fully saturated rings. The Morgan fingerprint density at radius 2 is 1.61 bits per heavy atom. The number of nitrogens with one attached hydrogen (secondary N) is 1. The van der Waals surface area contributed by atoms with Gasteiger partial charge in [0.15, 0.2) is 0 Å². The van der Waals surface area contributed by atoms with Gasteiger partial charge in [-0.2, -0.15) is 0 Å². The molecule has 3 aromatic rings. The number of thiazole rings is 1. The Labute approximate surface area is 169 Å². The van der Waals surface area contributed by atoms with E-state index in [0.717, 1.165) is 21.7 Å². The van der Waals surface area contributed by atoms with Crippen molar-refractivity contribution < 1.29 is 5.11 Å². The van der Waals surface area contributed by atoms with Crippen LogP contribution in [0.25, 0.3) is 16.8 Å². The van der Waals surface area contributed by atoms with Gasteiger partial charge >= 0.3 is 0 Å². The van der Waals surface area contributed by atoms with Gasteiger partial charge in [0, 0.05) is 17.0 Å². The summed E-state index contributed by atoms with van der Waals surface area (Å²) >= 11 is 1.53. The van der Waals surface area contributed by atoms with Gasteiger partial charge in [0.1, 0.15) is 16.6 Å². The number of aryl methyl sites for hydroxylation is 3. The molecule has 0 saturated carbocycles. The molecule has 2 N–H and O–H groups in total. The molecule has 142 valence electrons. The van der Waals surface area contributed by atoms with E-state index in [1.807, 2.05) is 11.8 Å². The average molecular weight is 390 g/mol. The predicted molar refractivity (Wildman–Crippen MR) is 116 cm³/mol. The van der Waals surface area contributed by atoms with Gasteiger partial charge in [0.25, 0.3) is 0 Å². The molecular weight excluding hydrogens is 366 g/mol. The zero-order valence-corrected chi connectivity index (χ0v) is 17.1. The van der Waals surface area contributed by atoms with Crippen LogP contribution in [0.2, 0.25) is 0 Å². The van der Waals surface area contributed by atoms with Crippen LogP contribution in [0.5, 0.6) is 0 Å². The second kappa shape index (κ2) is 7.24. The molecule has 0 atom stereocenters. The van der Waals surface area contributed by atoms with Gasteiger partial charge in [0.2, 0.25) is 0 Å². The molecule has 1 aliphatic heterocycles. The third-order valence-electron chi connectivity index (χ3n) is 5.01. The number of benzene rings is 2. The number of aliphatic hydroxyl groups excluding tert-OH is 1. The van der Waals surface area contributed by atoms with E-state index in [0.29, 0.717) is 29.5 Å². The zero-order chi connectivity index (χ0) is 19.8. The second-order valence-corrected chi connectivity index (χ2v) is 8.50. The minimum Gasteiger partial charge on any atom is -0.510 e. The molecule has 28 heavy (non-hydrogen) atoms. The van der Waals surface area contributed by atoms with Crippen molar-refractivity contribution in [2.45, 2.75) is 27.3 Å². The molecule has 0 amide bonds. The minimum atomic E-state index is 0.223. The second-order valence-electron chi connectivity index (χ2n) is 7.30. The van der Waals surface area contributed by atoms with Crippen molar-refractivity contribution in [3.63, 3.8) is 0 Å². The number of hydrogen-bond donors (Lipinski definition) is 2. The largest absolute Gasteiger partial charge is 0.510 e. The Hall–Kier alpha value is -2.92. The number of amidine groups is 1. The number of hydrogen-bond acceptors (Lipinski definition) is 4. The lowest BCUT2D eigenvalue weighted by Gasteiger charge is -2.18. The summed E-state index contributed by atoms with van der Waals surface area (Å²) in [6, 6.07) is 16.6. The monoisotopic (exact) mass is 389 g/mol. The fourth-order valence-corrected chi connectivity index (χ4v) is 4.39. The van der Waals surface area contributed by atoms with Gasteiger partial charge in [-0.1, -0.05) is 59.7 Å². The molecule has 4 nitrogen and oxygen atoms in total. The molecule has 4 rings (SSSR count). The van der Waals surface area contributed by atoms with E-state index in [2.05, 4.69) is 62.4 Å². The molecule has 0 spiro atoms. The normalized spacial score (nSPS) is 14.2. The lowest BCUT2D eigenvalue weighted by Crippen LogP contribution is -2.26. The Bertz CT molecular complexity index is 1060. The molecule has 1 aliphatic rings. The van der Waals surface area contributed by atoms with Gasteiger partial charge in [-0.15, -0.1) is 11.3 Å². The SMILES string of the molecule is Cc1ccc(CN2CC(O)=C(c3nc(-c4ccc(C)cc4)c(C)s3)C2=N)cc1. The van der Waals surface area contributed by atoms with Gasteiger partial charge in [-0.05, 0) is 26.3 Å². The quantitative estimate of drug-likeness (QED) is 0.619. The Morgan fingerprint density at radius 1 is 1.00 bits per heavy atom. The highest BCUT2D eigenvalue weighted by atomic mass is 32.1. The highest BCUT2D eigenvalue weighted by Crippen LogP contribution is 2.35. The molecule has 0 bridgehead atoms. The van der Waals surface area contributed by atoms with E-state index >= 15 is 0 Å². The molecule has 0 aliphatic carbocycles. The molecule has 5 heteroatoms. The van der Waals surface area contributed by atoms with Crippen LogP contribution in [0.3, 0.4) is 0 Å². The summed E-state index contributed by atoms with van der Waals surface area (Å²) in [6.45, 7) is 7.11. The van der Waals surface area contributed by atoms with E-state index in [4.69, 9.17) is 10.4 Å². The first-order valence-corrected chi connectivity index (χ1v) is 10.1. The van der Waals surface area contributed by atoms with Crippen LogP contribution in [0, 0.1) is 26.2 Å². The number of aliphatic hydroxyl groups is 1. The summed E-state index contributed by atoms with van der Waals surface area (Å²) in [7, 11) is 0. The Balaban J connectivity index is 1.59. The standard InChI is InChI=1S/C23H23N3OS/c1-14-4-8-17(9-5-14)12-26-13-19(27)20(22(26)24)23-25-21(16(3)28-23)18-10-6-15(2)7-11-18/h4-11,24,27H,12-13H2,1-3H3. The van der Waals surface area contributed by atoms with Crippen LogP contribution >= 0.6 is 11.3 Å². The number of aromatic nitrogens is 1. The maximum atomic E-state index is 10.6. The van der Waals surface area contributed by atoms with Gasteiger partial charge in [-0.25, -0.2) is 4.98 Å². The first-order valence-electron chi connectivity index (χ1n) is 9.28. The van der Waals surface area contributed by atoms with Crippen molar-refractivity contribution in [2.24, 2.45) is 0 Å². The lowest BCUT2D eigenvalue weighted by molar-refractivity contribution is 0.347. The first-order chi connectivity index (χ1) is 13.4. The molecule has 2 aromatic carbocycles. The summed E-state index contributed by atoms with van der Waals surface area (Å²) in [6.07, 6.45) is 0. The van der Waals surface area contributed by atoms with Crippen molar-refractivity contribution in [2.75, 3.05) is 6.54 Å². The fourth-order valence-electron chi connectivity index (χ4n) is 3.39. The summed E-state index contributed by atoms with van der Waals surface area (Å²) in [5, 5.41) is 19.9. The smallest absolute Gasteiger partial charge is 0.135 e. The van der Waals surface area contributed by atoms with Crippen LogP contribution < -0.4 is 0 Å². The summed E-state index contributed by atoms with van der Waals surface area (Å²) in [5.41, 5.74) is 6.08. The highest BCUT2D eigenvalue weighted by molar-refractivity contribution is 7.13. The molecule has 0 saturated heterocycles. The summed E-state index contributed by atoms with van der Waals surface area (Å²) in [4.78, 5) is 7.75. The van der Waals surface area contributed by atoms with Crippen LogP contribution in [0.15, 0.2) is 54.3 Å². The average Bonchev–Trinajstić information content (AvgIpc) is 3.17. The van der Waals surface area contributed by atoms with Gasteiger partial charge in [-0.3, -0.25) is 5.41 Å². The van der Waals surface area contributed by atoms with Crippen LogP contribution in [-0.2, 0) is 6.54 Å². The molecule has 0 radical (unpaired) electrons. The van der Waals surface area contributed by atoms with E-state index in [1.54, 1.807) is 0 Å². The van der Waals surface area contributed by atoms with E-state index < -0.39 is 0 Å². The van der Waals surface area contributed by atoms with E-state index in [9.17, 15) is 5.11 Å². The number of rotatable bonds is 4. The predicted octanol–water partition coefficient (Wildman–Crippen LogP) is 5.50. The van der Waals surface area contributed by atoms with Crippen molar-refractivity contribution >= 4 is 22.7 Å². The van der Waals surface area contributed by atoms with Crippen LogP contribution in [-0.4, -0.2) is 27.4 Å². The third kappa shape index (κ3) is 3.45. The lowest BCUT2D eigenvalue weighted by atomic mass is 10.1. The fraction of sp³-hybridized carbons (Fsp3) is 0.217. The Kier molecular flexibility index (Phi) is 4.77. The highest BCUT2D eigenvalue weighted by Gasteiger charge is 2.30. The van der Waals surface area contributed by atoms with Crippen molar-refractivity contribution in [1.82, 2.24) is 9.88 Å². The number of nitrogens with zero attached hydrogens (tertiary/aromatic N) is 2. The maximum absolute atomic E-state index is 10.6. The third-order valence-corrected chi connectivity index (χ3v) is 6.00. The molecular formula is C23H23N3OS. The summed E-state index contributed by atoms with van der Waals surface area (Å²) < 4.78 is 0. The first kappa shape index (κ1) is 18.4. The maximum Gasteiger partial charge on any atom is 0.135 e. The molecule has 0 unspecified atom stereocenters. The summed E-state index contributed by atoms with van der Waals surface area (Å²) in [5.74, 6) is 0.559. The Morgan fingerprint density at radius 3 is 2.25 bits per heavy atom. The van der Waals surface area contributed by atoms with Crippen LogP contribution in [0.4, 0.5) is 0 Å². The van der Waals surface area contributed by atoms with Crippen molar-refractivity contribution in [3.8, 4) is 11.3 Å². The topological polar surface area (TPSA) is 60.2 Å². The van der Waals surface area contributed by atoms with E-state index in [1.165, 1.54) is 22.5 Å². The van der Waals surface area contributed by atoms with Gasteiger partial charge < -0.3 is 10.0 Å². The van der Waals surface area contributed by atoms with Crippen molar-refractivity contribution in [3.05, 3.63) is 80.9 Å². The zero-order valence-electron chi connectivity index (χ0n) is 16.3. The van der Waals surface area contributed by atoms with Crippen molar-refractivity contribution in [1.29, 1.82) is 5.41 Å². The van der Waals surface area contributed by atoms with E-state index in [-0.39, 0.29) is 5.76 Å². The minimum absolute atomic E-state index is 0.223. The molecule has 1 aromatic heterocycles. The van der Waals surface area contributed by atoms with Gasteiger partial charge in [0.05, 0.1) is 17.8 Å². The van der Waals surface area contributed by atoms with Crippen LogP contribution in [0.1, 0.15) is 26.6 Å².